The van der Waals surface area contributed by atoms with Crippen LogP contribution in [0.2, 0.25) is 0 Å². The van der Waals surface area contributed by atoms with Gasteiger partial charge in [-0.2, -0.15) is 0 Å². The first-order valence-electron chi connectivity index (χ1n) is 5.91. The maximum absolute atomic E-state index is 5.87. The van der Waals surface area contributed by atoms with E-state index in [9.17, 15) is 0 Å². The summed E-state index contributed by atoms with van der Waals surface area (Å²) in [5.41, 5.74) is -0.0102. The lowest BCUT2D eigenvalue weighted by molar-refractivity contribution is -0.164. The van der Waals surface area contributed by atoms with Gasteiger partial charge < -0.3 is 4.74 Å². The van der Waals surface area contributed by atoms with Gasteiger partial charge in [0.25, 0.3) is 0 Å². The number of piperidine rings is 1. The van der Waals surface area contributed by atoms with Gasteiger partial charge in [0.1, 0.15) is 5.72 Å². The number of methoxy groups -OCH3 is 1. The molecule has 3 aliphatic rings. The molecule has 2 nitrogen and oxygen atoms in total. The summed E-state index contributed by atoms with van der Waals surface area (Å²) in [5.74, 6) is 1.28. The van der Waals surface area contributed by atoms with Crippen molar-refractivity contribution < 1.29 is 4.74 Å². The molecule has 2 fully saturated rings. The molecule has 1 aliphatic carbocycles. The summed E-state index contributed by atoms with van der Waals surface area (Å²) >= 11 is 0. The molecule has 2 saturated heterocycles. The van der Waals surface area contributed by atoms with E-state index in [0.29, 0.717) is 12.0 Å². The molecule has 0 aromatic heterocycles. The predicted molar refractivity (Wildman–Crippen MR) is 60.4 cm³/mol. The molecule has 0 N–H and O–H groups in total. The molecule has 0 saturated carbocycles. The number of rotatable bonds is 1. The van der Waals surface area contributed by atoms with Crippen molar-refractivity contribution >= 4 is 0 Å². The summed E-state index contributed by atoms with van der Waals surface area (Å²) < 4.78 is 5.87. The first-order valence-corrected chi connectivity index (χ1v) is 5.91. The lowest BCUT2D eigenvalue weighted by atomic mass is 9.81. The first kappa shape index (κ1) is 9.61. The van der Waals surface area contributed by atoms with Gasteiger partial charge in [-0.05, 0) is 32.2 Å². The highest BCUT2D eigenvalue weighted by Crippen LogP contribution is 2.50. The average molecular weight is 205 g/mol. The van der Waals surface area contributed by atoms with E-state index in [2.05, 4.69) is 36.3 Å². The number of allylic oxidation sites excluding steroid dienone is 2. The van der Waals surface area contributed by atoms with Gasteiger partial charge in [-0.15, -0.1) is 0 Å². The molecule has 2 heterocycles. The highest BCUT2D eigenvalue weighted by molar-refractivity contribution is 5.20. The van der Waals surface area contributed by atoms with Gasteiger partial charge in [0, 0.05) is 19.1 Å². The van der Waals surface area contributed by atoms with Crippen LogP contribution in [0.1, 0.15) is 19.3 Å². The fourth-order valence-electron chi connectivity index (χ4n) is 3.83. The molecular formula is C13H19NO. The van der Waals surface area contributed by atoms with E-state index < -0.39 is 0 Å². The number of ether oxygens (including phenoxy) is 1. The van der Waals surface area contributed by atoms with Crippen LogP contribution in [0.25, 0.3) is 0 Å². The fraction of sp³-hybridized carbons (Fsp3) is 0.692. The smallest absolute Gasteiger partial charge is 0.127 e. The second-order valence-electron chi connectivity index (χ2n) is 5.04. The van der Waals surface area contributed by atoms with Gasteiger partial charge >= 0.3 is 0 Å². The van der Waals surface area contributed by atoms with Crippen molar-refractivity contribution in [3.05, 3.63) is 24.3 Å². The molecule has 15 heavy (non-hydrogen) atoms. The van der Waals surface area contributed by atoms with Gasteiger partial charge in [-0.25, -0.2) is 0 Å². The van der Waals surface area contributed by atoms with Crippen LogP contribution in [-0.2, 0) is 4.74 Å². The van der Waals surface area contributed by atoms with Crippen molar-refractivity contribution in [2.75, 3.05) is 14.2 Å². The predicted octanol–water partition coefficient (Wildman–Crippen LogP) is 2.19. The van der Waals surface area contributed by atoms with E-state index in [-0.39, 0.29) is 5.72 Å². The third-order valence-corrected chi connectivity index (χ3v) is 4.66. The summed E-state index contributed by atoms with van der Waals surface area (Å²) in [6.45, 7) is 0. The minimum absolute atomic E-state index is 0.0102. The number of hydrogen-bond acceptors (Lipinski definition) is 2. The van der Waals surface area contributed by atoms with Crippen molar-refractivity contribution in [1.29, 1.82) is 0 Å². The largest absolute Gasteiger partial charge is 0.363 e. The SMILES string of the molecule is COC12CCC(C3C=CC=CC1C3)N2C. The lowest BCUT2D eigenvalue weighted by Gasteiger charge is -2.48. The highest BCUT2D eigenvalue weighted by Gasteiger charge is 2.55. The van der Waals surface area contributed by atoms with E-state index in [1.165, 1.54) is 19.3 Å². The number of fused-ring (bicyclic) bond motifs is 6. The van der Waals surface area contributed by atoms with Crippen LogP contribution >= 0.6 is 0 Å². The maximum atomic E-state index is 5.87. The molecule has 0 aromatic rings. The van der Waals surface area contributed by atoms with E-state index in [0.717, 1.165) is 5.92 Å². The Morgan fingerprint density at radius 1 is 1.33 bits per heavy atom. The molecular weight excluding hydrogens is 186 g/mol. The van der Waals surface area contributed by atoms with Crippen LogP contribution in [0.5, 0.6) is 0 Å². The van der Waals surface area contributed by atoms with Crippen LogP contribution in [-0.4, -0.2) is 30.8 Å². The molecule has 2 aliphatic heterocycles. The average Bonchev–Trinajstić information content (AvgIpc) is 2.47. The third kappa shape index (κ3) is 1.12. The summed E-state index contributed by atoms with van der Waals surface area (Å²) in [7, 11) is 4.10. The van der Waals surface area contributed by atoms with Crippen molar-refractivity contribution in [3.8, 4) is 0 Å². The summed E-state index contributed by atoms with van der Waals surface area (Å²) in [5, 5.41) is 0. The Balaban J connectivity index is 2.05. The summed E-state index contributed by atoms with van der Waals surface area (Å²) in [6.07, 6.45) is 12.8. The maximum Gasteiger partial charge on any atom is 0.127 e. The molecule has 0 spiro atoms. The molecule has 0 amide bonds. The Morgan fingerprint density at radius 2 is 2.13 bits per heavy atom. The zero-order valence-corrected chi connectivity index (χ0v) is 9.52. The first-order chi connectivity index (χ1) is 7.28. The normalized spacial score (nSPS) is 48.3. The van der Waals surface area contributed by atoms with Gasteiger partial charge in [-0.1, -0.05) is 24.3 Å². The second kappa shape index (κ2) is 3.19. The standard InChI is InChI=1S/C13H19NO/c1-14-12-7-8-13(14,15-2)11-6-4-3-5-10(12)9-11/h3-6,10-12H,7-9H2,1-2H3. The summed E-state index contributed by atoms with van der Waals surface area (Å²) in [6, 6.07) is 0.692. The van der Waals surface area contributed by atoms with E-state index >= 15 is 0 Å². The molecule has 0 radical (unpaired) electrons. The van der Waals surface area contributed by atoms with E-state index in [4.69, 9.17) is 4.74 Å². The highest BCUT2D eigenvalue weighted by atomic mass is 16.5. The van der Waals surface area contributed by atoms with Crippen LogP contribution in [0.3, 0.4) is 0 Å². The topological polar surface area (TPSA) is 12.5 Å². The Kier molecular flexibility index (Phi) is 2.05. The summed E-state index contributed by atoms with van der Waals surface area (Å²) in [4.78, 5) is 2.48. The Labute approximate surface area is 91.6 Å². The Hall–Kier alpha value is -0.600. The monoisotopic (exact) mass is 205 g/mol. The van der Waals surface area contributed by atoms with Crippen molar-refractivity contribution in [2.45, 2.75) is 31.0 Å². The van der Waals surface area contributed by atoms with Crippen LogP contribution in [0, 0.1) is 11.8 Å². The fourth-order valence-corrected chi connectivity index (χ4v) is 3.83. The minimum atomic E-state index is -0.0102. The van der Waals surface area contributed by atoms with E-state index in [1.807, 2.05) is 7.11 Å². The van der Waals surface area contributed by atoms with Crippen molar-refractivity contribution in [2.24, 2.45) is 11.8 Å². The molecule has 3 rings (SSSR count). The van der Waals surface area contributed by atoms with E-state index in [1.54, 1.807) is 0 Å². The molecule has 0 aromatic carbocycles. The van der Waals surface area contributed by atoms with Crippen LogP contribution in [0.15, 0.2) is 24.3 Å². The Morgan fingerprint density at radius 3 is 2.93 bits per heavy atom. The Bertz CT molecular complexity index is 322. The number of nitrogens with zero attached hydrogens (tertiary/aromatic N) is 1. The lowest BCUT2D eigenvalue weighted by Crippen LogP contribution is -2.56. The minimum Gasteiger partial charge on any atom is -0.363 e. The third-order valence-electron chi connectivity index (χ3n) is 4.66. The van der Waals surface area contributed by atoms with Crippen molar-refractivity contribution in [3.63, 3.8) is 0 Å². The molecule has 4 atom stereocenters. The van der Waals surface area contributed by atoms with Gasteiger partial charge in [0.2, 0.25) is 0 Å². The quantitative estimate of drug-likeness (QED) is 0.650. The second-order valence-corrected chi connectivity index (χ2v) is 5.04. The zero-order valence-electron chi connectivity index (χ0n) is 9.52. The van der Waals surface area contributed by atoms with Gasteiger partial charge in [0.05, 0.1) is 0 Å². The van der Waals surface area contributed by atoms with Gasteiger partial charge in [0.15, 0.2) is 0 Å². The number of hydrogen-bond donors (Lipinski definition) is 0. The van der Waals surface area contributed by atoms with Crippen LogP contribution in [0.4, 0.5) is 0 Å². The molecule has 82 valence electrons. The van der Waals surface area contributed by atoms with Crippen molar-refractivity contribution in [1.82, 2.24) is 4.90 Å². The zero-order chi connectivity index (χ0) is 10.5. The molecule has 4 bridgehead atoms. The molecule has 2 heteroatoms. The van der Waals surface area contributed by atoms with Gasteiger partial charge in [-0.3, -0.25) is 4.90 Å². The van der Waals surface area contributed by atoms with Crippen LogP contribution < -0.4 is 0 Å². The molecule has 4 unspecified atom stereocenters.